The lowest BCUT2D eigenvalue weighted by atomic mass is 10.00. The zero-order chi connectivity index (χ0) is 16.9. The van der Waals surface area contributed by atoms with Crippen molar-refractivity contribution in [2.45, 2.75) is 45.6 Å². The number of anilines is 2. The molecule has 4 heteroatoms. The van der Waals surface area contributed by atoms with Gasteiger partial charge in [-0.15, -0.1) is 0 Å². The molecule has 4 nitrogen and oxygen atoms in total. The summed E-state index contributed by atoms with van der Waals surface area (Å²) in [6.45, 7) is 5.31. The number of carbonyl (C=O) groups is 1. The zero-order valence-electron chi connectivity index (χ0n) is 14.5. The number of carbonyl (C=O) groups excluding carboxylic acids is 1. The molecule has 1 aromatic heterocycles. The minimum absolute atomic E-state index is 0.103. The van der Waals surface area contributed by atoms with E-state index >= 15 is 0 Å². The molecule has 1 N–H and O–H groups in total. The summed E-state index contributed by atoms with van der Waals surface area (Å²) in [6.07, 6.45) is 6.67. The largest absolute Gasteiger partial charge is 0.354 e. The van der Waals surface area contributed by atoms with Gasteiger partial charge in [0, 0.05) is 18.2 Å². The normalized spacial score (nSPS) is 17.6. The van der Waals surface area contributed by atoms with Gasteiger partial charge in [-0.05, 0) is 56.9 Å². The van der Waals surface area contributed by atoms with Crippen LogP contribution in [0, 0.1) is 6.92 Å². The Morgan fingerprint density at radius 3 is 2.67 bits per heavy atom. The molecule has 1 fully saturated rings. The van der Waals surface area contributed by atoms with Crippen molar-refractivity contribution in [2.24, 2.45) is 0 Å². The number of nitrogens with one attached hydrogen (secondary N) is 1. The number of aryl methyl sites for hydroxylation is 1. The van der Waals surface area contributed by atoms with Crippen molar-refractivity contribution in [1.29, 1.82) is 0 Å². The van der Waals surface area contributed by atoms with Gasteiger partial charge < -0.3 is 10.2 Å². The maximum atomic E-state index is 12.3. The zero-order valence-corrected chi connectivity index (χ0v) is 14.5. The highest BCUT2D eigenvalue weighted by atomic mass is 16.1. The Kier molecular flexibility index (Phi) is 5.14. The van der Waals surface area contributed by atoms with Gasteiger partial charge in [0.2, 0.25) is 0 Å². The van der Waals surface area contributed by atoms with E-state index < -0.39 is 0 Å². The quantitative estimate of drug-likeness (QED) is 0.906. The predicted molar refractivity (Wildman–Crippen MR) is 98.6 cm³/mol. The number of hydrogen-bond acceptors (Lipinski definition) is 3. The highest BCUT2D eigenvalue weighted by Gasteiger charge is 2.21. The van der Waals surface area contributed by atoms with Gasteiger partial charge in [-0.3, -0.25) is 4.79 Å². The number of rotatable bonds is 4. The third kappa shape index (κ3) is 3.75. The van der Waals surface area contributed by atoms with E-state index in [-0.39, 0.29) is 5.91 Å². The molecule has 126 valence electrons. The van der Waals surface area contributed by atoms with E-state index in [4.69, 9.17) is 0 Å². The van der Waals surface area contributed by atoms with Gasteiger partial charge in [-0.2, -0.15) is 0 Å². The van der Waals surface area contributed by atoms with Crippen LogP contribution >= 0.6 is 0 Å². The second-order valence-electron chi connectivity index (χ2n) is 6.48. The summed E-state index contributed by atoms with van der Waals surface area (Å²) in [4.78, 5) is 19.2. The standard InChI is InChI=1S/C20H25N3O/c1-3-18-6-4-5-13-23(18)19-12-11-17(14-21-19)22-20(24)16-9-7-15(2)8-10-16/h7-12,14,18H,3-6,13H2,1-2H3,(H,22,24). The second-order valence-corrected chi connectivity index (χ2v) is 6.48. The molecule has 2 heterocycles. The molecule has 0 bridgehead atoms. The monoisotopic (exact) mass is 323 g/mol. The van der Waals surface area contributed by atoms with Crippen molar-refractivity contribution in [3.63, 3.8) is 0 Å². The summed E-state index contributed by atoms with van der Waals surface area (Å²) in [6, 6.07) is 12.1. The smallest absolute Gasteiger partial charge is 0.255 e. The number of hydrogen-bond donors (Lipinski definition) is 1. The van der Waals surface area contributed by atoms with Crippen molar-refractivity contribution in [3.05, 3.63) is 53.7 Å². The van der Waals surface area contributed by atoms with Crippen LogP contribution in [-0.2, 0) is 0 Å². The Morgan fingerprint density at radius 2 is 2.00 bits per heavy atom. The van der Waals surface area contributed by atoms with E-state index in [1.165, 1.54) is 19.3 Å². The van der Waals surface area contributed by atoms with Crippen LogP contribution in [0.3, 0.4) is 0 Å². The summed E-state index contributed by atoms with van der Waals surface area (Å²) in [5.74, 6) is 0.906. The topological polar surface area (TPSA) is 45.2 Å². The van der Waals surface area contributed by atoms with Gasteiger partial charge in [0.1, 0.15) is 5.82 Å². The molecule has 3 rings (SSSR count). The minimum atomic E-state index is -0.103. The predicted octanol–water partition coefficient (Wildman–Crippen LogP) is 4.41. The molecule has 1 saturated heterocycles. The SMILES string of the molecule is CCC1CCCCN1c1ccc(NC(=O)c2ccc(C)cc2)cn1. The first-order chi connectivity index (χ1) is 11.7. The second kappa shape index (κ2) is 7.47. The molecule has 0 aliphatic carbocycles. The Morgan fingerprint density at radius 1 is 1.21 bits per heavy atom. The molecule has 1 aliphatic rings. The minimum Gasteiger partial charge on any atom is -0.354 e. The highest BCUT2D eigenvalue weighted by molar-refractivity contribution is 6.04. The van der Waals surface area contributed by atoms with E-state index in [2.05, 4.69) is 22.1 Å². The van der Waals surface area contributed by atoms with Crippen LogP contribution in [0.25, 0.3) is 0 Å². The fraction of sp³-hybridized carbons (Fsp3) is 0.400. The van der Waals surface area contributed by atoms with Gasteiger partial charge in [0.05, 0.1) is 11.9 Å². The van der Waals surface area contributed by atoms with Gasteiger partial charge in [-0.1, -0.05) is 24.6 Å². The third-order valence-corrected chi connectivity index (χ3v) is 4.71. The van der Waals surface area contributed by atoms with E-state index in [1.807, 2.05) is 43.3 Å². The Bertz CT molecular complexity index is 679. The number of pyridine rings is 1. The highest BCUT2D eigenvalue weighted by Crippen LogP contribution is 2.25. The molecule has 0 saturated carbocycles. The summed E-state index contributed by atoms with van der Waals surface area (Å²) >= 11 is 0. The number of nitrogens with zero attached hydrogens (tertiary/aromatic N) is 2. The van der Waals surface area contributed by atoms with E-state index in [9.17, 15) is 4.79 Å². The number of piperidine rings is 1. The third-order valence-electron chi connectivity index (χ3n) is 4.71. The van der Waals surface area contributed by atoms with Gasteiger partial charge in [-0.25, -0.2) is 4.98 Å². The molecule has 0 spiro atoms. The lowest BCUT2D eigenvalue weighted by Gasteiger charge is -2.36. The fourth-order valence-corrected chi connectivity index (χ4v) is 3.26. The summed E-state index contributed by atoms with van der Waals surface area (Å²) in [7, 11) is 0. The fourth-order valence-electron chi connectivity index (χ4n) is 3.26. The van der Waals surface area contributed by atoms with Crippen LogP contribution in [0.2, 0.25) is 0 Å². The van der Waals surface area contributed by atoms with Crippen LogP contribution in [0.5, 0.6) is 0 Å². The van der Waals surface area contributed by atoms with Gasteiger partial charge in [0.25, 0.3) is 5.91 Å². The van der Waals surface area contributed by atoms with Crippen LogP contribution in [0.4, 0.5) is 11.5 Å². The lowest BCUT2D eigenvalue weighted by molar-refractivity contribution is 0.102. The van der Waals surface area contributed by atoms with Crippen LogP contribution < -0.4 is 10.2 Å². The maximum absolute atomic E-state index is 12.3. The number of benzene rings is 1. The van der Waals surface area contributed by atoms with Crippen molar-refractivity contribution >= 4 is 17.4 Å². The molecule has 2 aromatic rings. The van der Waals surface area contributed by atoms with Crippen LogP contribution in [-0.4, -0.2) is 23.5 Å². The van der Waals surface area contributed by atoms with Crippen molar-refractivity contribution in [3.8, 4) is 0 Å². The molecule has 1 atom stereocenters. The molecule has 1 aliphatic heterocycles. The summed E-state index contributed by atoms with van der Waals surface area (Å²) < 4.78 is 0. The molecule has 1 amide bonds. The summed E-state index contributed by atoms with van der Waals surface area (Å²) in [5.41, 5.74) is 2.53. The first-order valence-corrected chi connectivity index (χ1v) is 8.78. The summed E-state index contributed by atoms with van der Waals surface area (Å²) in [5, 5.41) is 2.91. The first-order valence-electron chi connectivity index (χ1n) is 8.78. The number of aromatic nitrogens is 1. The average molecular weight is 323 g/mol. The maximum Gasteiger partial charge on any atom is 0.255 e. The van der Waals surface area contributed by atoms with Crippen LogP contribution in [0.15, 0.2) is 42.6 Å². The van der Waals surface area contributed by atoms with Crippen molar-refractivity contribution in [2.75, 3.05) is 16.8 Å². The van der Waals surface area contributed by atoms with Gasteiger partial charge in [0.15, 0.2) is 0 Å². The first kappa shape index (κ1) is 16.5. The molecule has 1 unspecified atom stereocenters. The van der Waals surface area contributed by atoms with Crippen molar-refractivity contribution < 1.29 is 4.79 Å². The average Bonchev–Trinajstić information content (AvgIpc) is 2.63. The molecular weight excluding hydrogens is 298 g/mol. The van der Waals surface area contributed by atoms with E-state index in [1.54, 1.807) is 6.20 Å². The molecule has 24 heavy (non-hydrogen) atoms. The molecular formula is C20H25N3O. The Hall–Kier alpha value is -2.36. The van der Waals surface area contributed by atoms with Gasteiger partial charge >= 0.3 is 0 Å². The van der Waals surface area contributed by atoms with Crippen LogP contribution in [0.1, 0.15) is 48.5 Å². The van der Waals surface area contributed by atoms with Crippen molar-refractivity contribution in [1.82, 2.24) is 4.98 Å². The Balaban J connectivity index is 1.68. The number of amides is 1. The Labute approximate surface area is 143 Å². The van der Waals surface area contributed by atoms with E-state index in [0.29, 0.717) is 11.6 Å². The lowest BCUT2D eigenvalue weighted by Crippen LogP contribution is -2.39. The molecule has 1 aromatic carbocycles. The molecule has 0 radical (unpaired) electrons. The van der Waals surface area contributed by atoms with E-state index in [0.717, 1.165) is 30.0 Å².